The number of nitrogens with zero attached hydrogens (tertiary/aromatic N) is 4. The third kappa shape index (κ3) is 1.84. The highest BCUT2D eigenvalue weighted by Gasteiger charge is 2.07. The standard InChI is InChI=1S/C13H15N5/c1-17-8-6-10(16-17)7-9-18-12-5-3-2-4-11(12)15-13(18)14/h2-6,8H,7,9H2,1H3,(H2,14,15). The number of aromatic nitrogens is 4. The summed E-state index contributed by atoms with van der Waals surface area (Å²) >= 11 is 0. The molecule has 0 spiro atoms. The van der Waals surface area contributed by atoms with E-state index in [0.717, 1.165) is 29.7 Å². The van der Waals surface area contributed by atoms with Crippen LogP contribution in [-0.2, 0) is 20.0 Å². The number of imidazole rings is 1. The number of benzene rings is 1. The summed E-state index contributed by atoms with van der Waals surface area (Å²) in [5.74, 6) is 0.562. The molecule has 5 heteroatoms. The van der Waals surface area contributed by atoms with Gasteiger partial charge in [0.15, 0.2) is 0 Å². The van der Waals surface area contributed by atoms with Crippen LogP contribution in [0.15, 0.2) is 36.5 Å². The van der Waals surface area contributed by atoms with Crippen molar-refractivity contribution in [3.63, 3.8) is 0 Å². The quantitative estimate of drug-likeness (QED) is 0.757. The van der Waals surface area contributed by atoms with Gasteiger partial charge in [-0.2, -0.15) is 5.10 Å². The molecule has 18 heavy (non-hydrogen) atoms. The first-order valence-corrected chi connectivity index (χ1v) is 5.93. The van der Waals surface area contributed by atoms with Crippen molar-refractivity contribution >= 4 is 17.0 Å². The van der Waals surface area contributed by atoms with E-state index in [9.17, 15) is 0 Å². The summed E-state index contributed by atoms with van der Waals surface area (Å²) in [5.41, 5.74) is 9.03. The molecule has 0 unspecified atom stereocenters. The average molecular weight is 241 g/mol. The van der Waals surface area contributed by atoms with Crippen LogP contribution in [0.3, 0.4) is 0 Å². The van der Waals surface area contributed by atoms with Gasteiger partial charge < -0.3 is 10.3 Å². The predicted octanol–water partition coefficient (Wildman–Crippen LogP) is 1.59. The molecule has 3 aromatic rings. The zero-order chi connectivity index (χ0) is 12.5. The normalized spacial score (nSPS) is 11.2. The Labute approximate surface area is 105 Å². The highest BCUT2D eigenvalue weighted by Crippen LogP contribution is 2.17. The van der Waals surface area contributed by atoms with Crippen LogP contribution in [0.4, 0.5) is 5.95 Å². The van der Waals surface area contributed by atoms with Gasteiger partial charge in [-0.05, 0) is 18.2 Å². The lowest BCUT2D eigenvalue weighted by Crippen LogP contribution is -2.06. The minimum Gasteiger partial charge on any atom is -0.369 e. The van der Waals surface area contributed by atoms with Crippen LogP contribution >= 0.6 is 0 Å². The minimum absolute atomic E-state index is 0.562. The highest BCUT2D eigenvalue weighted by atomic mass is 15.2. The molecule has 1 aromatic carbocycles. The molecule has 0 fully saturated rings. The summed E-state index contributed by atoms with van der Waals surface area (Å²) in [6, 6.07) is 10.0. The van der Waals surface area contributed by atoms with Crippen LogP contribution in [0.5, 0.6) is 0 Å². The molecule has 0 aliphatic carbocycles. The van der Waals surface area contributed by atoms with Gasteiger partial charge in [0.25, 0.3) is 0 Å². The number of hydrogen-bond acceptors (Lipinski definition) is 3. The Kier molecular flexibility index (Phi) is 2.51. The molecular weight excluding hydrogens is 226 g/mol. The number of nitrogen functional groups attached to an aromatic ring is 1. The number of fused-ring (bicyclic) bond motifs is 1. The van der Waals surface area contributed by atoms with E-state index < -0.39 is 0 Å². The van der Waals surface area contributed by atoms with Gasteiger partial charge in [-0.3, -0.25) is 4.68 Å². The molecule has 3 rings (SSSR count). The van der Waals surface area contributed by atoms with Crippen molar-refractivity contribution in [3.8, 4) is 0 Å². The predicted molar refractivity (Wildman–Crippen MR) is 71.1 cm³/mol. The van der Waals surface area contributed by atoms with Crippen molar-refractivity contribution in [2.24, 2.45) is 7.05 Å². The Morgan fingerprint density at radius 1 is 1.22 bits per heavy atom. The Bertz CT molecular complexity index is 680. The monoisotopic (exact) mass is 241 g/mol. The molecule has 2 aromatic heterocycles. The second-order valence-electron chi connectivity index (χ2n) is 4.34. The van der Waals surface area contributed by atoms with E-state index >= 15 is 0 Å². The summed E-state index contributed by atoms with van der Waals surface area (Å²) < 4.78 is 3.84. The molecule has 0 amide bonds. The van der Waals surface area contributed by atoms with E-state index in [-0.39, 0.29) is 0 Å². The summed E-state index contributed by atoms with van der Waals surface area (Å²) in [5, 5.41) is 4.36. The van der Waals surface area contributed by atoms with Crippen molar-refractivity contribution in [1.29, 1.82) is 0 Å². The number of aryl methyl sites for hydroxylation is 3. The first-order valence-electron chi connectivity index (χ1n) is 5.93. The summed E-state index contributed by atoms with van der Waals surface area (Å²) in [4.78, 5) is 4.35. The third-order valence-electron chi connectivity index (χ3n) is 3.04. The minimum atomic E-state index is 0.562. The lowest BCUT2D eigenvalue weighted by molar-refractivity contribution is 0.683. The van der Waals surface area contributed by atoms with Crippen molar-refractivity contribution in [2.75, 3.05) is 5.73 Å². The highest BCUT2D eigenvalue weighted by molar-refractivity contribution is 5.78. The fraction of sp³-hybridized carbons (Fsp3) is 0.231. The Morgan fingerprint density at radius 3 is 2.83 bits per heavy atom. The van der Waals surface area contributed by atoms with Gasteiger partial charge in [-0.1, -0.05) is 12.1 Å². The first kappa shape index (κ1) is 10.8. The van der Waals surface area contributed by atoms with Crippen molar-refractivity contribution in [3.05, 3.63) is 42.2 Å². The molecule has 2 heterocycles. The maximum atomic E-state index is 5.95. The van der Waals surface area contributed by atoms with E-state index in [4.69, 9.17) is 5.73 Å². The van der Waals surface area contributed by atoms with E-state index in [1.807, 2.05) is 52.8 Å². The number of rotatable bonds is 3. The second-order valence-corrected chi connectivity index (χ2v) is 4.34. The van der Waals surface area contributed by atoms with Gasteiger partial charge in [0.1, 0.15) is 0 Å². The van der Waals surface area contributed by atoms with Crippen LogP contribution in [0, 0.1) is 0 Å². The lowest BCUT2D eigenvalue weighted by atomic mass is 10.3. The molecular formula is C13H15N5. The molecule has 0 bridgehead atoms. The average Bonchev–Trinajstić information content (AvgIpc) is 2.90. The summed E-state index contributed by atoms with van der Waals surface area (Å²) in [6.45, 7) is 0.795. The molecule has 92 valence electrons. The Morgan fingerprint density at radius 2 is 2.06 bits per heavy atom. The van der Waals surface area contributed by atoms with Crippen molar-refractivity contribution < 1.29 is 0 Å². The van der Waals surface area contributed by atoms with Crippen LogP contribution < -0.4 is 5.73 Å². The summed E-state index contributed by atoms with van der Waals surface area (Å²) in [6.07, 6.45) is 2.80. The topological polar surface area (TPSA) is 61.7 Å². The van der Waals surface area contributed by atoms with Gasteiger partial charge >= 0.3 is 0 Å². The zero-order valence-electron chi connectivity index (χ0n) is 10.2. The third-order valence-corrected chi connectivity index (χ3v) is 3.04. The fourth-order valence-electron chi connectivity index (χ4n) is 2.15. The Hall–Kier alpha value is -2.30. The van der Waals surface area contributed by atoms with Crippen LogP contribution in [0.25, 0.3) is 11.0 Å². The van der Waals surface area contributed by atoms with Crippen LogP contribution in [0.2, 0.25) is 0 Å². The first-order chi connectivity index (χ1) is 8.74. The zero-order valence-corrected chi connectivity index (χ0v) is 10.2. The number of hydrogen-bond donors (Lipinski definition) is 1. The van der Waals surface area contributed by atoms with Crippen molar-refractivity contribution in [1.82, 2.24) is 19.3 Å². The number of para-hydroxylation sites is 2. The smallest absolute Gasteiger partial charge is 0.201 e. The Balaban J connectivity index is 1.88. The molecule has 2 N–H and O–H groups in total. The molecule has 0 aliphatic heterocycles. The fourth-order valence-corrected chi connectivity index (χ4v) is 2.15. The van der Waals surface area contributed by atoms with E-state index in [2.05, 4.69) is 10.1 Å². The number of anilines is 1. The largest absolute Gasteiger partial charge is 0.369 e. The van der Waals surface area contributed by atoms with E-state index in [0.29, 0.717) is 5.95 Å². The van der Waals surface area contributed by atoms with Gasteiger partial charge in [0.05, 0.1) is 16.7 Å². The molecule has 0 atom stereocenters. The summed E-state index contributed by atoms with van der Waals surface area (Å²) in [7, 11) is 1.92. The van der Waals surface area contributed by atoms with Gasteiger partial charge in [0.2, 0.25) is 5.95 Å². The number of nitrogens with two attached hydrogens (primary N) is 1. The van der Waals surface area contributed by atoms with Gasteiger partial charge in [-0.25, -0.2) is 4.98 Å². The van der Waals surface area contributed by atoms with Crippen LogP contribution in [0.1, 0.15) is 5.69 Å². The maximum Gasteiger partial charge on any atom is 0.201 e. The maximum absolute atomic E-state index is 5.95. The molecule has 0 saturated carbocycles. The van der Waals surface area contributed by atoms with Gasteiger partial charge in [0, 0.05) is 26.2 Å². The molecule has 0 saturated heterocycles. The van der Waals surface area contributed by atoms with Crippen LogP contribution in [-0.4, -0.2) is 19.3 Å². The van der Waals surface area contributed by atoms with Gasteiger partial charge in [-0.15, -0.1) is 0 Å². The van der Waals surface area contributed by atoms with Crippen molar-refractivity contribution in [2.45, 2.75) is 13.0 Å². The SMILES string of the molecule is Cn1ccc(CCn2c(N)nc3ccccc32)n1. The molecule has 0 aliphatic rings. The molecule has 5 nitrogen and oxygen atoms in total. The lowest BCUT2D eigenvalue weighted by Gasteiger charge is -2.04. The second kappa shape index (κ2) is 4.18. The van der Waals surface area contributed by atoms with E-state index in [1.165, 1.54) is 0 Å². The van der Waals surface area contributed by atoms with E-state index in [1.54, 1.807) is 0 Å². The molecule has 0 radical (unpaired) electrons.